The van der Waals surface area contributed by atoms with E-state index in [2.05, 4.69) is 0 Å². The highest BCUT2D eigenvalue weighted by Crippen LogP contribution is 2.34. The van der Waals surface area contributed by atoms with Gasteiger partial charge in [0, 0.05) is 0 Å². The molecule has 4 heteroatoms. The Morgan fingerprint density at radius 1 is 0.913 bits per heavy atom. The SMILES string of the molecule is CCCOC(=O)/C(=C(\C(=O)OCCC)C1CCCCC1)C(C)C. The molecule has 1 aliphatic carbocycles. The Morgan fingerprint density at radius 2 is 1.43 bits per heavy atom. The molecule has 0 atom stereocenters. The molecule has 0 aromatic heterocycles. The molecule has 0 heterocycles. The molecule has 1 fully saturated rings. The minimum absolute atomic E-state index is 0.0505. The molecule has 0 saturated heterocycles. The summed E-state index contributed by atoms with van der Waals surface area (Å²) >= 11 is 0. The fourth-order valence-corrected chi connectivity index (χ4v) is 3.09. The highest BCUT2D eigenvalue weighted by Gasteiger charge is 2.32. The van der Waals surface area contributed by atoms with E-state index in [0.717, 1.165) is 38.5 Å². The van der Waals surface area contributed by atoms with Gasteiger partial charge in [0.05, 0.1) is 24.4 Å². The van der Waals surface area contributed by atoms with Gasteiger partial charge in [-0.3, -0.25) is 0 Å². The first kappa shape index (κ1) is 19.7. The molecule has 0 unspecified atom stereocenters. The summed E-state index contributed by atoms with van der Waals surface area (Å²) in [6.45, 7) is 8.60. The first-order valence-corrected chi connectivity index (χ1v) is 9.11. The Kier molecular flexibility index (Phi) is 8.97. The van der Waals surface area contributed by atoms with Gasteiger partial charge in [-0.1, -0.05) is 47.0 Å². The molecule has 1 rings (SSSR count). The van der Waals surface area contributed by atoms with Crippen LogP contribution in [0.3, 0.4) is 0 Å². The Labute approximate surface area is 140 Å². The van der Waals surface area contributed by atoms with Crippen molar-refractivity contribution in [1.82, 2.24) is 0 Å². The second-order valence-corrected chi connectivity index (χ2v) is 6.59. The molecular weight excluding hydrogens is 292 g/mol. The molecule has 1 aliphatic rings. The van der Waals surface area contributed by atoms with E-state index in [4.69, 9.17) is 9.47 Å². The van der Waals surface area contributed by atoms with E-state index in [1.807, 2.05) is 27.7 Å². The molecule has 0 aromatic carbocycles. The number of hydrogen-bond acceptors (Lipinski definition) is 4. The fourth-order valence-electron chi connectivity index (χ4n) is 3.09. The second kappa shape index (κ2) is 10.5. The van der Waals surface area contributed by atoms with Crippen LogP contribution in [0.1, 0.15) is 72.6 Å². The van der Waals surface area contributed by atoms with Crippen LogP contribution in [0.4, 0.5) is 0 Å². The molecule has 1 saturated carbocycles. The summed E-state index contributed by atoms with van der Waals surface area (Å²) in [5.41, 5.74) is 1.10. The van der Waals surface area contributed by atoms with E-state index in [1.165, 1.54) is 6.42 Å². The van der Waals surface area contributed by atoms with Crippen LogP contribution in [0.2, 0.25) is 0 Å². The van der Waals surface area contributed by atoms with Gasteiger partial charge in [0.25, 0.3) is 0 Å². The molecular formula is C19H32O4. The normalized spacial score (nSPS) is 16.9. The summed E-state index contributed by atoms with van der Waals surface area (Å²) < 4.78 is 10.7. The third-order valence-corrected chi connectivity index (χ3v) is 4.20. The van der Waals surface area contributed by atoms with Crippen molar-refractivity contribution in [3.63, 3.8) is 0 Å². The van der Waals surface area contributed by atoms with Crippen molar-refractivity contribution < 1.29 is 19.1 Å². The molecule has 132 valence electrons. The average molecular weight is 324 g/mol. The van der Waals surface area contributed by atoms with Crippen molar-refractivity contribution in [2.75, 3.05) is 13.2 Å². The number of carbonyl (C=O) groups excluding carboxylic acids is 2. The lowest BCUT2D eigenvalue weighted by Crippen LogP contribution is -2.26. The lowest BCUT2D eigenvalue weighted by Gasteiger charge is -2.26. The van der Waals surface area contributed by atoms with Crippen LogP contribution < -0.4 is 0 Å². The van der Waals surface area contributed by atoms with Gasteiger partial charge in [0.1, 0.15) is 0 Å². The zero-order chi connectivity index (χ0) is 17.2. The van der Waals surface area contributed by atoms with Crippen LogP contribution in [-0.4, -0.2) is 25.2 Å². The van der Waals surface area contributed by atoms with Crippen LogP contribution >= 0.6 is 0 Å². The molecule has 0 spiro atoms. The number of carbonyl (C=O) groups is 2. The summed E-state index contributed by atoms with van der Waals surface area (Å²) in [6, 6.07) is 0. The van der Waals surface area contributed by atoms with Crippen molar-refractivity contribution in [3.8, 4) is 0 Å². The summed E-state index contributed by atoms with van der Waals surface area (Å²) in [6.07, 6.45) is 6.86. The predicted molar refractivity (Wildman–Crippen MR) is 90.9 cm³/mol. The lowest BCUT2D eigenvalue weighted by molar-refractivity contribution is -0.143. The van der Waals surface area contributed by atoms with Crippen molar-refractivity contribution in [2.24, 2.45) is 11.8 Å². The maximum atomic E-state index is 12.6. The van der Waals surface area contributed by atoms with Crippen LogP contribution in [-0.2, 0) is 19.1 Å². The highest BCUT2D eigenvalue weighted by molar-refractivity contribution is 6.01. The van der Waals surface area contributed by atoms with E-state index >= 15 is 0 Å². The fraction of sp³-hybridized carbons (Fsp3) is 0.789. The van der Waals surface area contributed by atoms with E-state index in [9.17, 15) is 9.59 Å². The maximum Gasteiger partial charge on any atom is 0.334 e. The maximum absolute atomic E-state index is 12.6. The van der Waals surface area contributed by atoms with Gasteiger partial charge in [0.2, 0.25) is 0 Å². The topological polar surface area (TPSA) is 52.6 Å². The molecule has 0 radical (unpaired) electrons. The molecule has 0 aromatic rings. The number of rotatable bonds is 8. The molecule has 0 N–H and O–H groups in total. The Morgan fingerprint density at radius 3 is 1.91 bits per heavy atom. The van der Waals surface area contributed by atoms with Crippen molar-refractivity contribution in [2.45, 2.75) is 72.6 Å². The van der Waals surface area contributed by atoms with Gasteiger partial charge < -0.3 is 9.47 Å². The van der Waals surface area contributed by atoms with Gasteiger partial charge in [-0.2, -0.15) is 0 Å². The van der Waals surface area contributed by atoms with Crippen LogP contribution in [0.15, 0.2) is 11.1 Å². The molecule has 0 bridgehead atoms. The molecule has 0 amide bonds. The van der Waals surface area contributed by atoms with Crippen molar-refractivity contribution in [3.05, 3.63) is 11.1 Å². The Balaban J connectivity index is 3.16. The van der Waals surface area contributed by atoms with E-state index in [-0.39, 0.29) is 23.8 Å². The smallest absolute Gasteiger partial charge is 0.334 e. The van der Waals surface area contributed by atoms with Gasteiger partial charge in [0.15, 0.2) is 0 Å². The van der Waals surface area contributed by atoms with Crippen LogP contribution in [0.5, 0.6) is 0 Å². The van der Waals surface area contributed by atoms with E-state index in [1.54, 1.807) is 0 Å². The second-order valence-electron chi connectivity index (χ2n) is 6.59. The molecule has 4 nitrogen and oxygen atoms in total. The van der Waals surface area contributed by atoms with Gasteiger partial charge >= 0.3 is 11.9 Å². The number of hydrogen-bond donors (Lipinski definition) is 0. The molecule has 0 aliphatic heterocycles. The third-order valence-electron chi connectivity index (χ3n) is 4.20. The first-order valence-electron chi connectivity index (χ1n) is 9.11. The summed E-state index contributed by atoms with van der Waals surface area (Å²) in [5, 5.41) is 0. The van der Waals surface area contributed by atoms with Gasteiger partial charge in [-0.05, 0) is 37.5 Å². The van der Waals surface area contributed by atoms with Crippen LogP contribution in [0, 0.1) is 11.8 Å². The summed E-state index contributed by atoms with van der Waals surface area (Å²) in [7, 11) is 0. The highest BCUT2D eigenvalue weighted by atomic mass is 16.5. The predicted octanol–water partition coefficient (Wildman–Crippen LogP) is 4.43. The van der Waals surface area contributed by atoms with Crippen LogP contribution in [0.25, 0.3) is 0 Å². The largest absolute Gasteiger partial charge is 0.462 e. The minimum Gasteiger partial charge on any atom is -0.462 e. The monoisotopic (exact) mass is 324 g/mol. The first-order chi connectivity index (χ1) is 11.0. The van der Waals surface area contributed by atoms with E-state index in [0.29, 0.717) is 24.4 Å². The quantitative estimate of drug-likeness (QED) is 0.490. The van der Waals surface area contributed by atoms with Crippen molar-refractivity contribution in [1.29, 1.82) is 0 Å². The number of esters is 2. The summed E-state index contributed by atoms with van der Waals surface area (Å²) in [4.78, 5) is 25.2. The lowest BCUT2D eigenvalue weighted by atomic mass is 9.79. The summed E-state index contributed by atoms with van der Waals surface area (Å²) in [5.74, 6) is -0.600. The van der Waals surface area contributed by atoms with Gasteiger partial charge in [-0.15, -0.1) is 0 Å². The Hall–Kier alpha value is -1.32. The third kappa shape index (κ3) is 6.00. The Bertz CT molecular complexity index is 417. The standard InChI is InChI=1S/C19H32O4/c1-5-12-22-18(20)16(14(3)4)17(19(21)23-13-6-2)15-10-8-7-9-11-15/h14-15H,5-13H2,1-4H3/b17-16-. The zero-order valence-corrected chi connectivity index (χ0v) is 15.2. The minimum atomic E-state index is -0.351. The molecule has 23 heavy (non-hydrogen) atoms. The van der Waals surface area contributed by atoms with Crippen molar-refractivity contribution >= 4 is 11.9 Å². The zero-order valence-electron chi connectivity index (χ0n) is 15.2. The average Bonchev–Trinajstić information content (AvgIpc) is 2.55. The van der Waals surface area contributed by atoms with E-state index < -0.39 is 0 Å². The number of ether oxygens (including phenoxy) is 2. The van der Waals surface area contributed by atoms with Gasteiger partial charge in [-0.25, -0.2) is 9.59 Å².